The van der Waals surface area contributed by atoms with E-state index in [0.717, 1.165) is 4.90 Å². The number of primary amides is 1. The zero-order valence-corrected chi connectivity index (χ0v) is 10.0. The molecule has 1 atom stereocenters. The first-order valence-electron chi connectivity index (χ1n) is 5.34. The highest BCUT2D eigenvalue weighted by Gasteiger charge is 2.51. The van der Waals surface area contributed by atoms with E-state index in [0.29, 0.717) is 11.5 Å². The number of hydrogen-bond donors (Lipinski definition) is 2. The van der Waals surface area contributed by atoms with Crippen LogP contribution in [0.15, 0.2) is 16.5 Å². The van der Waals surface area contributed by atoms with Gasteiger partial charge in [-0.3, -0.25) is 14.5 Å². The molecule has 4 amide bonds. The lowest BCUT2D eigenvalue weighted by atomic mass is 9.99. The number of aryl methyl sites for hydroxylation is 1. The molecule has 1 aliphatic heterocycles. The fourth-order valence-electron chi connectivity index (χ4n) is 1.87. The van der Waals surface area contributed by atoms with E-state index in [2.05, 4.69) is 5.32 Å². The maximum Gasteiger partial charge on any atom is 0.325 e. The number of carbonyl (C=O) groups is 3. The Kier molecular flexibility index (Phi) is 2.61. The molecule has 2 rings (SSSR count). The summed E-state index contributed by atoms with van der Waals surface area (Å²) in [6.45, 7) is 2.81. The lowest BCUT2D eigenvalue weighted by Crippen LogP contribution is -2.42. The second-order valence-corrected chi connectivity index (χ2v) is 4.32. The number of hydrogen-bond acceptors (Lipinski definition) is 4. The highest BCUT2D eigenvalue weighted by atomic mass is 16.3. The van der Waals surface area contributed by atoms with Crippen LogP contribution in [-0.2, 0) is 15.1 Å². The van der Waals surface area contributed by atoms with Crippen molar-refractivity contribution in [2.24, 2.45) is 5.73 Å². The van der Waals surface area contributed by atoms with Crippen LogP contribution < -0.4 is 11.1 Å². The molecule has 0 radical (unpaired) electrons. The Morgan fingerprint density at radius 2 is 2.17 bits per heavy atom. The average molecular weight is 251 g/mol. The number of carbonyl (C=O) groups excluding carboxylic acids is 3. The Morgan fingerprint density at radius 3 is 2.67 bits per heavy atom. The van der Waals surface area contributed by atoms with Gasteiger partial charge in [0.2, 0.25) is 5.91 Å². The number of amides is 4. The highest BCUT2D eigenvalue weighted by molar-refractivity contribution is 6.08. The molecule has 1 aromatic heterocycles. The average Bonchev–Trinajstić information content (AvgIpc) is 2.78. The van der Waals surface area contributed by atoms with Crippen molar-refractivity contribution in [3.63, 3.8) is 0 Å². The van der Waals surface area contributed by atoms with E-state index in [1.165, 1.54) is 6.92 Å². The molecule has 0 bridgehead atoms. The van der Waals surface area contributed by atoms with E-state index in [-0.39, 0.29) is 0 Å². The molecule has 0 aromatic carbocycles. The van der Waals surface area contributed by atoms with E-state index in [1.807, 2.05) is 0 Å². The van der Waals surface area contributed by atoms with Gasteiger partial charge >= 0.3 is 6.03 Å². The second-order valence-electron chi connectivity index (χ2n) is 4.32. The first kappa shape index (κ1) is 12.2. The Bertz CT molecular complexity index is 536. The molecule has 2 heterocycles. The molecule has 18 heavy (non-hydrogen) atoms. The van der Waals surface area contributed by atoms with Gasteiger partial charge in [0.05, 0.1) is 0 Å². The quantitative estimate of drug-likeness (QED) is 0.728. The second kappa shape index (κ2) is 3.86. The monoisotopic (exact) mass is 251 g/mol. The first-order valence-corrected chi connectivity index (χ1v) is 5.34. The molecular formula is C11H13N3O4. The van der Waals surface area contributed by atoms with E-state index in [4.69, 9.17) is 10.2 Å². The van der Waals surface area contributed by atoms with Gasteiger partial charge in [-0.2, -0.15) is 0 Å². The van der Waals surface area contributed by atoms with Crippen molar-refractivity contribution in [2.45, 2.75) is 19.4 Å². The summed E-state index contributed by atoms with van der Waals surface area (Å²) in [5, 5.41) is 2.50. The summed E-state index contributed by atoms with van der Waals surface area (Å²) >= 11 is 0. The first-order chi connectivity index (χ1) is 8.34. The Balaban J connectivity index is 2.34. The smallest absolute Gasteiger partial charge is 0.325 e. The van der Waals surface area contributed by atoms with E-state index >= 15 is 0 Å². The van der Waals surface area contributed by atoms with Crippen LogP contribution in [0.3, 0.4) is 0 Å². The van der Waals surface area contributed by atoms with Crippen molar-refractivity contribution in [3.8, 4) is 0 Å². The lowest BCUT2D eigenvalue weighted by molar-refractivity contribution is -0.134. The minimum atomic E-state index is -1.29. The number of urea groups is 1. The molecule has 7 heteroatoms. The molecule has 3 N–H and O–H groups in total. The summed E-state index contributed by atoms with van der Waals surface area (Å²) in [5.74, 6) is -0.356. The molecule has 0 spiro atoms. The maximum atomic E-state index is 12.2. The number of furan rings is 1. The third kappa shape index (κ3) is 1.73. The Labute approximate surface area is 103 Å². The molecule has 0 saturated carbocycles. The van der Waals surface area contributed by atoms with Crippen molar-refractivity contribution in [2.75, 3.05) is 6.54 Å². The van der Waals surface area contributed by atoms with Crippen molar-refractivity contribution in [1.29, 1.82) is 0 Å². The standard InChI is InChI=1S/C11H13N3O4/c1-6-3-4-7(18-6)11(2)9(16)14(5-8(12)15)10(17)13-11/h3-4H,5H2,1-2H3,(H2,12,15)(H,13,17)/t11-/m0/s1. The summed E-state index contributed by atoms with van der Waals surface area (Å²) in [6, 6.07) is 2.65. The number of nitrogens with one attached hydrogen (secondary N) is 1. The van der Waals surface area contributed by atoms with Gasteiger partial charge in [-0.15, -0.1) is 0 Å². The molecule has 1 aliphatic rings. The van der Waals surface area contributed by atoms with E-state index < -0.39 is 29.9 Å². The number of nitrogens with two attached hydrogens (primary N) is 1. The normalized spacial score (nSPS) is 23.3. The molecular weight excluding hydrogens is 238 g/mol. The van der Waals surface area contributed by atoms with Gasteiger partial charge in [-0.05, 0) is 26.0 Å². The minimum Gasteiger partial charge on any atom is -0.463 e. The van der Waals surface area contributed by atoms with Crippen molar-refractivity contribution in [3.05, 3.63) is 23.7 Å². The van der Waals surface area contributed by atoms with Crippen LogP contribution in [0.5, 0.6) is 0 Å². The van der Waals surface area contributed by atoms with E-state index in [9.17, 15) is 14.4 Å². The zero-order chi connectivity index (χ0) is 13.5. The summed E-state index contributed by atoms with van der Waals surface area (Å²) in [4.78, 5) is 35.4. The molecule has 0 aliphatic carbocycles. The van der Waals surface area contributed by atoms with Gasteiger partial charge < -0.3 is 15.5 Å². The van der Waals surface area contributed by atoms with E-state index in [1.54, 1.807) is 19.1 Å². The van der Waals surface area contributed by atoms with Gasteiger partial charge in [0.25, 0.3) is 5.91 Å². The van der Waals surface area contributed by atoms with Gasteiger partial charge in [0.15, 0.2) is 5.54 Å². The largest absolute Gasteiger partial charge is 0.463 e. The van der Waals surface area contributed by atoms with Gasteiger partial charge in [0.1, 0.15) is 18.1 Å². The lowest BCUT2D eigenvalue weighted by Gasteiger charge is -2.18. The summed E-state index contributed by atoms with van der Waals surface area (Å²) in [5.41, 5.74) is 3.70. The van der Waals surface area contributed by atoms with Crippen LogP contribution in [0.2, 0.25) is 0 Å². The fourth-order valence-corrected chi connectivity index (χ4v) is 1.87. The Morgan fingerprint density at radius 1 is 1.50 bits per heavy atom. The van der Waals surface area contributed by atoms with Crippen LogP contribution >= 0.6 is 0 Å². The molecule has 96 valence electrons. The van der Waals surface area contributed by atoms with Crippen LogP contribution in [0, 0.1) is 6.92 Å². The van der Waals surface area contributed by atoms with Crippen molar-refractivity contribution < 1.29 is 18.8 Å². The highest BCUT2D eigenvalue weighted by Crippen LogP contribution is 2.29. The summed E-state index contributed by atoms with van der Waals surface area (Å²) in [6.07, 6.45) is 0. The molecule has 1 fully saturated rings. The number of nitrogens with zero attached hydrogens (tertiary/aromatic N) is 1. The fraction of sp³-hybridized carbons (Fsp3) is 0.364. The molecule has 1 saturated heterocycles. The minimum absolute atomic E-state index is 0.324. The number of rotatable bonds is 3. The third-order valence-electron chi connectivity index (χ3n) is 2.82. The van der Waals surface area contributed by atoms with Gasteiger partial charge in [-0.1, -0.05) is 0 Å². The zero-order valence-electron chi connectivity index (χ0n) is 10.0. The SMILES string of the molecule is Cc1ccc([C@]2(C)NC(=O)N(CC(N)=O)C2=O)o1. The van der Waals surface area contributed by atoms with Crippen LogP contribution in [-0.4, -0.2) is 29.3 Å². The summed E-state index contributed by atoms with van der Waals surface area (Å²) in [7, 11) is 0. The molecule has 0 unspecified atom stereocenters. The van der Waals surface area contributed by atoms with Crippen LogP contribution in [0.4, 0.5) is 4.79 Å². The summed E-state index contributed by atoms with van der Waals surface area (Å²) < 4.78 is 5.36. The van der Waals surface area contributed by atoms with Gasteiger partial charge in [0, 0.05) is 0 Å². The van der Waals surface area contributed by atoms with Crippen molar-refractivity contribution in [1.82, 2.24) is 10.2 Å². The predicted octanol–water partition coefficient (Wildman–Crippen LogP) is -0.160. The van der Waals surface area contributed by atoms with Crippen LogP contribution in [0.1, 0.15) is 18.4 Å². The molecule has 7 nitrogen and oxygen atoms in total. The number of imide groups is 1. The third-order valence-corrected chi connectivity index (χ3v) is 2.82. The van der Waals surface area contributed by atoms with Crippen LogP contribution in [0.25, 0.3) is 0 Å². The predicted molar refractivity (Wildman–Crippen MR) is 60.2 cm³/mol. The molecule has 1 aromatic rings. The maximum absolute atomic E-state index is 12.2. The van der Waals surface area contributed by atoms with Crippen molar-refractivity contribution >= 4 is 17.8 Å². The topological polar surface area (TPSA) is 106 Å². The van der Waals surface area contributed by atoms with Gasteiger partial charge in [-0.25, -0.2) is 4.79 Å². The Hall–Kier alpha value is -2.31.